The van der Waals surface area contributed by atoms with Crippen LogP contribution in [0, 0.1) is 5.82 Å². The van der Waals surface area contributed by atoms with Crippen molar-refractivity contribution in [1.82, 2.24) is 0 Å². The fourth-order valence-corrected chi connectivity index (χ4v) is 4.38. The van der Waals surface area contributed by atoms with Crippen molar-refractivity contribution in [3.05, 3.63) is 81.8 Å². The maximum absolute atomic E-state index is 13.2. The van der Waals surface area contributed by atoms with Gasteiger partial charge in [-0.3, -0.25) is 0 Å². The molecule has 0 radical (unpaired) electrons. The molecule has 7 heteroatoms. The highest BCUT2D eigenvalue weighted by Crippen LogP contribution is 2.44. The average molecular weight is 456 g/mol. The number of carbonyl (C=O) groups is 1. The van der Waals surface area contributed by atoms with Crippen LogP contribution in [-0.4, -0.2) is 24.3 Å². The molecule has 32 heavy (non-hydrogen) atoms. The van der Waals surface area contributed by atoms with Crippen LogP contribution in [0.25, 0.3) is 0 Å². The Morgan fingerprint density at radius 3 is 2.66 bits per heavy atom. The normalized spacial score (nSPS) is 19.0. The lowest BCUT2D eigenvalue weighted by Gasteiger charge is -2.43. The van der Waals surface area contributed by atoms with Crippen LogP contribution in [0.15, 0.2) is 60.0 Å². The number of ether oxygens (including phenoxy) is 3. The minimum absolute atomic E-state index is 0.259. The molecule has 0 amide bonds. The molecule has 0 saturated heterocycles. The Labute approximate surface area is 191 Å². The summed E-state index contributed by atoms with van der Waals surface area (Å²) in [6.45, 7) is 6.71. The first-order chi connectivity index (χ1) is 15.4. The first kappa shape index (κ1) is 22.3. The number of esters is 1. The summed E-state index contributed by atoms with van der Waals surface area (Å²) < 4.78 is 31.4. The van der Waals surface area contributed by atoms with E-state index >= 15 is 0 Å². The lowest BCUT2D eigenvalue weighted by Crippen LogP contribution is -2.51. The number of carbonyl (C=O) groups excluding carboxylic acids is 1. The van der Waals surface area contributed by atoms with Gasteiger partial charge in [0.1, 0.15) is 28.1 Å². The predicted octanol–water partition coefficient (Wildman–Crippen LogP) is 5.97. The van der Waals surface area contributed by atoms with Gasteiger partial charge in [0.2, 0.25) is 0 Å². The molecule has 2 heterocycles. The molecule has 3 aromatic rings. The molecule has 2 atom stereocenters. The van der Waals surface area contributed by atoms with E-state index in [1.165, 1.54) is 23.5 Å². The van der Waals surface area contributed by atoms with Crippen LogP contribution in [0.4, 0.5) is 10.1 Å². The molecule has 0 fully saturated rings. The minimum Gasteiger partial charge on any atom is -0.483 e. The molecule has 0 aliphatic carbocycles. The van der Waals surface area contributed by atoms with E-state index in [1.54, 1.807) is 18.2 Å². The summed E-state index contributed by atoms with van der Waals surface area (Å²) >= 11 is 1.34. The summed E-state index contributed by atoms with van der Waals surface area (Å²) in [5.41, 5.74) is 1.87. The van der Waals surface area contributed by atoms with Crippen LogP contribution in [0.5, 0.6) is 5.75 Å². The molecule has 0 bridgehead atoms. The van der Waals surface area contributed by atoms with E-state index in [4.69, 9.17) is 14.2 Å². The maximum Gasteiger partial charge on any atom is 0.348 e. The van der Waals surface area contributed by atoms with Gasteiger partial charge in [0.05, 0.1) is 0 Å². The number of nitrogens with one attached hydrogen (secondary N) is 1. The fraction of sp³-hybridized carbons (Fsp3) is 0.320. The zero-order chi connectivity index (χ0) is 22.7. The number of hydrogen-bond acceptors (Lipinski definition) is 6. The number of rotatable bonds is 7. The third-order valence-corrected chi connectivity index (χ3v) is 6.21. The fourth-order valence-electron chi connectivity index (χ4n) is 3.78. The molecule has 4 rings (SSSR count). The van der Waals surface area contributed by atoms with E-state index in [9.17, 15) is 9.18 Å². The Bertz CT molecular complexity index is 1070. The van der Waals surface area contributed by atoms with Gasteiger partial charge in [0, 0.05) is 24.4 Å². The molecule has 1 N–H and O–H groups in total. The van der Waals surface area contributed by atoms with Crippen molar-refractivity contribution in [2.45, 2.75) is 45.1 Å². The summed E-state index contributed by atoms with van der Waals surface area (Å²) in [5.74, 6) is 0.0506. The molecule has 1 aliphatic heterocycles. The van der Waals surface area contributed by atoms with Crippen LogP contribution in [0.1, 0.15) is 47.7 Å². The van der Waals surface area contributed by atoms with E-state index in [1.807, 2.05) is 50.4 Å². The zero-order valence-corrected chi connectivity index (χ0v) is 19.1. The van der Waals surface area contributed by atoms with Crippen molar-refractivity contribution in [2.24, 2.45) is 0 Å². The minimum atomic E-state index is -0.775. The van der Waals surface area contributed by atoms with Crippen LogP contribution in [0.3, 0.4) is 0 Å². The van der Waals surface area contributed by atoms with Gasteiger partial charge in [-0.2, -0.15) is 0 Å². The van der Waals surface area contributed by atoms with E-state index in [2.05, 4.69) is 5.32 Å². The largest absolute Gasteiger partial charge is 0.483 e. The van der Waals surface area contributed by atoms with Crippen molar-refractivity contribution in [2.75, 3.05) is 11.9 Å². The Balaban J connectivity index is 1.59. The second-order valence-electron chi connectivity index (χ2n) is 8.12. The van der Waals surface area contributed by atoms with E-state index in [-0.39, 0.29) is 11.8 Å². The molecular weight excluding hydrogens is 429 g/mol. The summed E-state index contributed by atoms with van der Waals surface area (Å²) in [5, 5.41) is 5.19. The van der Waals surface area contributed by atoms with Crippen molar-refractivity contribution >= 4 is 23.0 Å². The predicted molar refractivity (Wildman–Crippen MR) is 123 cm³/mol. The van der Waals surface area contributed by atoms with Crippen molar-refractivity contribution in [1.29, 1.82) is 0 Å². The first-order valence-electron chi connectivity index (χ1n) is 10.5. The highest BCUT2D eigenvalue weighted by atomic mass is 32.1. The molecule has 1 aromatic heterocycles. The SMILES string of the molecule is CCOC1c2cc(NCc3ccc(F)cc3)ccc2OC(C)(C)C1OC(=O)c1cccs1. The third-order valence-electron chi connectivity index (χ3n) is 5.36. The van der Waals surface area contributed by atoms with Gasteiger partial charge in [0.25, 0.3) is 0 Å². The van der Waals surface area contributed by atoms with Crippen molar-refractivity contribution in [3.63, 3.8) is 0 Å². The molecule has 1 aliphatic rings. The lowest BCUT2D eigenvalue weighted by molar-refractivity contribution is -0.137. The summed E-state index contributed by atoms with van der Waals surface area (Å²) in [4.78, 5) is 13.3. The van der Waals surface area contributed by atoms with E-state index < -0.39 is 17.8 Å². The van der Waals surface area contributed by atoms with Gasteiger partial charge < -0.3 is 19.5 Å². The third kappa shape index (κ3) is 4.79. The zero-order valence-electron chi connectivity index (χ0n) is 18.3. The second-order valence-corrected chi connectivity index (χ2v) is 9.06. The summed E-state index contributed by atoms with van der Waals surface area (Å²) in [6.07, 6.45) is -1.10. The number of anilines is 1. The summed E-state index contributed by atoms with van der Waals surface area (Å²) in [7, 11) is 0. The monoisotopic (exact) mass is 455 g/mol. The first-order valence-corrected chi connectivity index (χ1v) is 11.4. The van der Waals surface area contributed by atoms with Gasteiger partial charge in [-0.1, -0.05) is 18.2 Å². The van der Waals surface area contributed by atoms with Crippen LogP contribution >= 0.6 is 11.3 Å². The van der Waals surface area contributed by atoms with Gasteiger partial charge in [-0.05, 0) is 68.1 Å². The highest BCUT2D eigenvalue weighted by molar-refractivity contribution is 7.11. The Kier molecular flexibility index (Phi) is 6.48. The van der Waals surface area contributed by atoms with Gasteiger partial charge in [-0.25, -0.2) is 9.18 Å². The standard InChI is InChI=1S/C25H26FNO4S/c1-4-29-22-19-14-18(27-15-16-7-9-17(26)10-8-16)11-12-20(19)31-25(2,3)23(22)30-24(28)21-6-5-13-32-21/h5-14,22-23,27H,4,15H2,1-3H3. The smallest absolute Gasteiger partial charge is 0.348 e. The molecule has 0 saturated carbocycles. The highest BCUT2D eigenvalue weighted by Gasteiger charge is 2.47. The maximum atomic E-state index is 13.2. The molecule has 5 nitrogen and oxygen atoms in total. The van der Waals surface area contributed by atoms with E-state index in [0.29, 0.717) is 23.8 Å². The Hall–Kier alpha value is -2.90. The Morgan fingerprint density at radius 2 is 1.97 bits per heavy atom. The number of halogens is 1. The molecule has 168 valence electrons. The van der Waals surface area contributed by atoms with Crippen LogP contribution in [-0.2, 0) is 16.0 Å². The van der Waals surface area contributed by atoms with Crippen LogP contribution < -0.4 is 10.1 Å². The van der Waals surface area contributed by atoms with Crippen LogP contribution in [0.2, 0.25) is 0 Å². The topological polar surface area (TPSA) is 56.8 Å². The number of fused-ring (bicyclic) bond motifs is 1. The average Bonchev–Trinajstić information content (AvgIpc) is 3.31. The lowest BCUT2D eigenvalue weighted by atomic mass is 9.87. The van der Waals surface area contributed by atoms with Crippen molar-refractivity contribution in [3.8, 4) is 5.75 Å². The number of hydrogen-bond donors (Lipinski definition) is 1. The Morgan fingerprint density at radius 1 is 1.19 bits per heavy atom. The molecule has 2 unspecified atom stereocenters. The summed E-state index contributed by atoms with van der Waals surface area (Å²) in [6, 6.07) is 15.7. The quantitative estimate of drug-likeness (QED) is 0.445. The molecule has 2 aromatic carbocycles. The number of benzene rings is 2. The van der Waals surface area contributed by atoms with Crippen molar-refractivity contribution < 1.29 is 23.4 Å². The van der Waals surface area contributed by atoms with E-state index in [0.717, 1.165) is 16.8 Å². The van der Waals surface area contributed by atoms with Gasteiger partial charge >= 0.3 is 5.97 Å². The molecule has 0 spiro atoms. The second kappa shape index (κ2) is 9.30. The van der Waals surface area contributed by atoms with Gasteiger partial charge in [-0.15, -0.1) is 11.3 Å². The van der Waals surface area contributed by atoms with Gasteiger partial charge in [0.15, 0.2) is 6.10 Å². The molecular formula is C25H26FNO4S. The number of thiophene rings is 1.